The van der Waals surface area contributed by atoms with E-state index in [-0.39, 0.29) is 0 Å². The van der Waals surface area contributed by atoms with Crippen LogP contribution in [0, 0.1) is 11.8 Å². The number of hydrogen-bond donors (Lipinski definition) is 1. The van der Waals surface area contributed by atoms with Crippen LogP contribution in [0.1, 0.15) is 32.1 Å². The smallest absolute Gasteiger partial charge is 0.0494 e. The molecular formula is C11H21NO. The van der Waals surface area contributed by atoms with Crippen molar-refractivity contribution in [3.05, 3.63) is 0 Å². The van der Waals surface area contributed by atoms with Gasteiger partial charge in [0.05, 0.1) is 0 Å². The number of nitrogens with one attached hydrogen (secondary N) is 1. The van der Waals surface area contributed by atoms with Crippen molar-refractivity contribution in [2.45, 2.75) is 32.1 Å². The van der Waals surface area contributed by atoms with Gasteiger partial charge in [-0.3, -0.25) is 0 Å². The Morgan fingerprint density at radius 3 is 2.62 bits per heavy atom. The van der Waals surface area contributed by atoms with Crippen molar-refractivity contribution in [3.63, 3.8) is 0 Å². The highest BCUT2D eigenvalue weighted by molar-refractivity contribution is 4.73. The zero-order valence-corrected chi connectivity index (χ0v) is 8.43. The second kappa shape index (κ2) is 4.97. The Kier molecular flexibility index (Phi) is 3.62. The van der Waals surface area contributed by atoms with Crippen LogP contribution in [-0.4, -0.2) is 26.3 Å². The molecule has 0 radical (unpaired) electrons. The first-order valence-corrected chi connectivity index (χ1v) is 5.73. The first-order chi connectivity index (χ1) is 6.45. The van der Waals surface area contributed by atoms with Crippen LogP contribution in [0.3, 0.4) is 0 Å². The third kappa shape index (κ3) is 2.96. The lowest BCUT2D eigenvalue weighted by Crippen LogP contribution is -2.30. The quantitative estimate of drug-likeness (QED) is 0.705. The molecule has 0 saturated carbocycles. The van der Waals surface area contributed by atoms with Crippen molar-refractivity contribution in [3.8, 4) is 0 Å². The van der Waals surface area contributed by atoms with E-state index in [1.54, 1.807) is 0 Å². The van der Waals surface area contributed by atoms with Gasteiger partial charge in [0.15, 0.2) is 0 Å². The molecule has 2 rings (SSSR count). The maximum absolute atomic E-state index is 5.51. The molecule has 2 nitrogen and oxygen atoms in total. The van der Waals surface area contributed by atoms with Crippen LogP contribution in [-0.2, 0) is 4.74 Å². The average Bonchev–Trinajstić information content (AvgIpc) is 2.21. The lowest BCUT2D eigenvalue weighted by atomic mass is 9.85. The molecule has 2 heterocycles. The summed E-state index contributed by atoms with van der Waals surface area (Å²) in [6.07, 6.45) is 6.88. The Morgan fingerprint density at radius 1 is 1.08 bits per heavy atom. The summed E-state index contributed by atoms with van der Waals surface area (Å²) in [7, 11) is 0. The highest BCUT2D eigenvalue weighted by atomic mass is 16.5. The van der Waals surface area contributed by atoms with E-state index < -0.39 is 0 Å². The van der Waals surface area contributed by atoms with E-state index in [9.17, 15) is 0 Å². The standard InChI is InChI=1S/C11H21NO/c1-2-11(9-13-7-1)8-10-3-5-12-6-4-10/h10-12H,1-9H2. The molecule has 0 aromatic heterocycles. The molecule has 2 saturated heterocycles. The summed E-state index contributed by atoms with van der Waals surface area (Å²) in [5.41, 5.74) is 0. The van der Waals surface area contributed by atoms with Gasteiger partial charge in [0.1, 0.15) is 0 Å². The van der Waals surface area contributed by atoms with Crippen LogP contribution in [0.15, 0.2) is 0 Å². The molecule has 2 fully saturated rings. The van der Waals surface area contributed by atoms with Gasteiger partial charge in [0.2, 0.25) is 0 Å². The summed E-state index contributed by atoms with van der Waals surface area (Å²) in [4.78, 5) is 0. The van der Waals surface area contributed by atoms with Crippen LogP contribution in [0.4, 0.5) is 0 Å². The zero-order chi connectivity index (χ0) is 8.93. The fraction of sp³-hybridized carbons (Fsp3) is 1.00. The molecule has 0 amide bonds. The number of ether oxygens (including phenoxy) is 1. The molecule has 2 heteroatoms. The van der Waals surface area contributed by atoms with Gasteiger partial charge in [-0.15, -0.1) is 0 Å². The Labute approximate surface area is 81.0 Å². The Morgan fingerprint density at radius 2 is 1.92 bits per heavy atom. The number of rotatable bonds is 2. The highest BCUT2D eigenvalue weighted by Crippen LogP contribution is 2.26. The minimum Gasteiger partial charge on any atom is -0.381 e. The lowest BCUT2D eigenvalue weighted by Gasteiger charge is -2.29. The topological polar surface area (TPSA) is 21.3 Å². The van der Waals surface area contributed by atoms with Crippen molar-refractivity contribution in [2.75, 3.05) is 26.3 Å². The molecular weight excluding hydrogens is 162 g/mol. The molecule has 0 spiro atoms. The second-order valence-corrected chi connectivity index (χ2v) is 4.51. The molecule has 2 aliphatic heterocycles. The van der Waals surface area contributed by atoms with Gasteiger partial charge in [-0.25, -0.2) is 0 Å². The van der Waals surface area contributed by atoms with E-state index in [0.717, 1.165) is 25.0 Å². The predicted molar refractivity (Wildman–Crippen MR) is 53.8 cm³/mol. The summed E-state index contributed by atoms with van der Waals surface area (Å²) < 4.78 is 5.51. The molecule has 0 bridgehead atoms. The lowest BCUT2D eigenvalue weighted by molar-refractivity contribution is 0.0430. The van der Waals surface area contributed by atoms with Crippen LogP contribution in [0.5, 0.6) is 0 Å². The van der Waals surface area contributed by atoms with E-state index in [1.165, 1.54) is 45.2 Å². The van der Waals surface area contributed by atoms with Gasteiger partial charge in [-0.05, 0) is 57.0 Å². The molecule has 1 N–H and O–H groups in total. The van der Waals surface area contributed by atoms with Crippen molar-refractivity contribution in [1.29, 1.82) is 0 Å². The van der Waals surface area contributed by atoms with Gasteiger partial charge in [0.25, 0.3) is 0 Å². The van der Waals surface area contributed by atoms with E-state index in [1.807, 2.05) is 0 Å². The third-order valence-electron chi connectivity index (χ3n) is 3.38. The van der Waals surface area contributed by atoms with Crippen molar-refractivity contribution >= 4 is 0 Å². The Balaban J connectivity index is 1.69. The summed E-state index contributed by atoms with van der Waals surface area (Å²) in [5.74, 6) is 1.85. The van der Waals surface area contributed by atoms with Gasteiger partial charge in [0, 0.05) is 13.2 Å². The summed E-state index contributed by atoms with van der Waals surface area (Å²) in [5, 5.41) is 3.42. The predicted octanol–water partition coefficient (Wildman–Crippen LogP) is 1.80. The van der Waals surface area contributed by atoms with E-state index in [4.69, 9.17) is 4.74 Å². The normalized spacial score (nSPS) is 31.8. The minimum absolute atomic E-state index is 0.872. The second-order valence-electron chi connectivity index (χ2n) is 4.51. The van der Waals surface area contributed by atoms with E-state index in [0.29, 0.717) is 0 Å². The number of piperidine rings is 1. The maximum atomic E-state index is 5.51. The first-order valence-electron chi connectivity index (χ1n) is 5.73. The van der Waals surface area contributed by atoms with Gasteiger partial charge < -0.3 is 10.1 Å². The number of hydrogen-bond acceptors (Lipinski definition) is 2. The molecule has 76 valence electrons. The maximum Gasteiger partial charge on any atom is 0.0494 e. The summed E-state index contributed by atoms with van der Waals surface area (Å²) in [6.45, 7) is 4.50. The fourth-order valence-corrected chi connectivity index (χ4v) is 2.58. The average molecular weight is 183 g/mol. The summed E-state index contributed by atoms with van der Waals surface area (Å²) >= 11 is 0. The monoisotopic (exact) mass is 183 g/mol. The van der Waals surface area contributed by atoms with Crippen molar-refractivity contribution in [1.82, 2.24) is 5.32 Å². The van der Waals surface area contributed by atoms with Crippen LogP contribution >= 0.6 is 0 Å². The molecule has 13 heavy (non-hydrogen) atoms. The fourth-order valence-electron chi connectivity index (χ4n) is 2.58. The molecule has 1 atom stereocenters. The van der Waals surface area contributed by atoms with Gasteiger partial charge >= 0.3 is 0 Å². The Hall–Kier alpha value is -0.0800. The van der Waals surface area contributed by atoms with Crippen molar-refractivity contribution in [2.24, 2.45) is 11.8 Å². The molecule has 0 aromatic carbocycles. The van der Waals surface area contributed by atoms with Gasteiger partial charge in [-0.1, -0.05) is 0 Å². The molecule has 0 aliphatic carbocycles. The largest absolute Gasteiger partial charge is 0.381 e. The highest BCUT2D eigenvalue weighted by Gasteiger charge is 2.20. The Bertz CT molecular complexity index is 121. The summed E-state index contributed by atoms with van der Waals surface area (Å²) in [6, 6.07) is 0. The molecule has 0 aromatic rings. The van der Waals surface area contributed by atoms with E-state index >= 15 is 0 Å². The molecule has 2 aliphatic rings. The zero-order valence-electron chi connectivity index (χ0n) is 8.43. The van der Waals surface area contributed by atoms with Crippen molar-refractivity contribution < 1.29 is 4.74 Å². The SMILES string of the molecule is C1COCC(CC2CCNCC2)C1. The van der Waals surface area contributed by atoms with Crippen LogP contribution in [0.2, 0.25) is 0 Å². The minimum atomic E-state index is 0.872. The molecule has 1 unspecified atom stereocenters. The van der Waals surface area contributed by atoms with Crippen LogP contribution < -0.4 is 5.32 Å². The third-order valence-corrected chi connectivity index (χ3v) is 3.38. The van der Waals surface area contributed by atoms with Gasteiger partial charge in [-0.2, -0.15) is 0 Å². The first kappa shape index (κ1) is 9.47. The van der Waals surface area contributed by atoms with Crippen LogP contribution in [0.25, 0.3) is 0 Å². The van der Waals surface area contributed by atoms with E-state index in [2.05, 4.69) is 5.32 Å².